The molecule has 0 atom stereocenters. The fourth-order valence-corrected chi connectivity index (χ4v) is 7.15. The van der Waals surface area contributed by atoms with E-state index in [-0.39, 0.29) is 7.83 Å². The number of unbranched alkanes of at least 4 members (excludes halogenated alkanes) is 5. The molecule has 0 aromatic carbocycles. The molecule has 0 bridgehead atoms. The highest BCUT2D eigenvalue weighted by Gasteiger charge is 2.01. The van der Waals surface area contributed by atoms with Gasteiger partial charge in [-0.25, -0.2) is 0 Å². The molecule has 0 aromatic rings. The van der Waals surface area contributed by atoms with Crippen molar-refractivity contribution in [2.24, 2.45) is 0 Å². The molecule has 0 aromatic heterocycles. The van der Waals surface area contributed by atoms with Gasteiger partial charge in [0.25, 0.3) is 0 Å². The van der Waals surface area contributed by atoms with Gasteiger partial charge < -0.3 is 0 Å². The lowest BCUT2D eigenvalue weighted by atomic mass is 10.1. The zero-order valence-corrected chi connectivity index (χ0v) is 12.4. The fraction of sp³-hybridized carbons (Fsp3) is 1.00. The van der Waals surface area contributed by atoms with Crippen molar-refractivity contribution in [2.45, 2.75) is 64.6 Å². The molecule has 0 N–H and O–H groups in total. The van der Waals surface area contributed by atoms with E-state index in [0.29, 0.717) is 0 Å². The third-order valence-corrected chi connectivity index (χ3v) is 12.6. The van der Waals surface area contributed by atoms with Crippen molar-refractivity contribution in [2.75, 3.05) is 0 Å². The van der Waals surface area contributed by atoms with E-state index in [1.54, 1.807) is 0 Å². The number of hydrogen-bond donors (Lipinski definition) is 0. The first-order chi connectivity index (χ1) is 6.31. The highest BCUT2D eigenvalue weighted by molar-refractivity contribution is 7.39. The summed E-state index contributed by atoms with van der Waals surface area (Å²) >= 11 is 0. The van der Waals surface area contributed by atoms with Gasteiger partial charge >= 0.3 is 0 Å². The van der Waals surface area contributed by atoms with Crippen molar-refractivity contribution < 1.29 is 0 Å². The first-order valence-corrected chi connectivity index (χ1v) is 12.3. The van der Waals surface area contributed by atoms with E-state index in [2.05, 4.69) is 20.0 Å². The molecule has 0 heterocycles. The van der Waals surface area contributed by atoms with Gasteiger partial charge in [-0.05, 0) is 0 Å². The Morgan fingerprint density at radius 2 is 1.62 bits per heavy atom. The van der Waals surface area contributed by atoms with Crippen molar-refractivity contribution in [1.29, 1.82) is 0 Å². The van der Waals surface area contributed by atoms with Gasteiger partial charge in [-0.3, -0.25) is 0 Å². The van der Waals surface area contributed by atoms with Crippen LogP contribution >= 0.6 is 0 Å². The highest BCUT2D eigenvalue weighted by atomic mass is 29.6. The second-order valence-corrected chi connectivity index (χ2v) is 14.7. The Bertz CT molecular complexity index is 96.2. The summed E-state index contributed by atoms with van der Waals surface area (Å²) in [5.74, 6) is 0. The van der Waals surface area contributed by atoms with Crippen LogP contribution in [-0.2, 0) is 0 Å². The predicted octanol–water partition coefficient (Wildman–Crippen LogP) is 3.34. The van der Waals surface area contributed by atoms with Crippen LogP contribution in [0.2, 0.25) is 19.1 Å². The lowest BCUT2D eigenvalue weighted by molar-refractivity contribution is 0.624. The van der Waals surface area contributed by atoms with Gasteiger partial charge in [-0.1, -0.05) is 64.6 Å². The van der Waals surface area contributed by atoms with E-state index in [0.717, 1.165) is 0 Å². The maximum Gasteiger partial charge on any atom is 0.0219 e. The van der Waals surface area contributed by atoms with E-state index in [1.807, 2.05) is 0 Å². The first kappa shape index (κ1) is 13.7. The smallest absolute Gasteiger partial charge is 0.0219 e. The summed E-state index contributed by atoms with van der Waals surface area (Å²) in [6, 6.07) is 1.54. The van der Waals surface area contributed by atoms with E-state index >= 15 is 0 Å². The average molecular weight is 228 g/mol. The summed E-state index contributed by atoms with van der Waals surface area (Å²) in [5.41, 5.74) is 0. The summed E-state index contributed by atoms with van der Waals surface area (Å²) in [6.45, 7) is 7.16. The van der Waals surface area contributed by atoms with Gasteiger partial charge in [-0.15, -0.1) is 0 Å². The topological polar surface area (TPSA) is 0 Å². The third-order valence-electron chi connectivity index (χ3n) is 2.30. The van der Waals surface area contributed by atoms with E-state index in [1.165, 1.54) is 62.6 Å². The second kappa shape index (κ2) is 10.7. The molecule has 0 rings (SSSR count). The van der Waals surface area contributed by atoms with Gasteiger partial charge in [0.1, 0.15) is 0 Å². The van der Waals surface area contributed by atoms with Crippen LogP contribution in [0.5, 0.6) is 0 Å². The van der Waals surface area contributed by atoms with Gasteiger partial charge in [0.05, 0.1) is 0 Å². The molecule has 0 aliphatic heterocycles. The predicted molar refractivity (Wildman–Crippen MR) is 67.2 cm³/mol. The molecule has 75 valence electrons. The van der Waals surface area contributed by atoms with Gasteiger partial charge in [0.15, 0.2) is 0 Å². The summed E-state index contributed by atoms with van der Waals surface area (Å²) in [4.78, 5) is 0. The molecule has 0 amide bonds. The summed E-state index contributed by atoms with van der Waals surface area (Å²) < 4.78 is 0. The van der Waals surface area contributed by atoms with Crippen LogP contribution in [0, 0.1) is 0 Å². The van der Waals surface area contributed by atoms with Gasteiger partial charge in [-0.2, -0.15) is 0 Å². The molecule has 0 nitrogen and oxygen atoms in total. The van der Waals surface area contributed by atoms with E-state index < -0.39 is 0 Å². The maximum absolute atomic E-state index is 2.50. The molecule has 5 radical (unpaired) electrons. The van der Waals surface area contributed by atoms with E-state index in [9.17, 15) is 0 Å². The van der Waals surface area contributed by atoms with E-state index in [4.69, 9.17) is 0 Å². The van der Waals surface area contributed by atoms with Crippen molar-refractivity contribution in [3.63, 3.8) is 0 Å². The Morgan fingerprint density at radius 1 is 1.00 bits per heavy atom. The van der Waals surface area contributed by atoms with Crippen LogP contribution < -0.4 is 0 Å². The molecular formula is C10H23Si3. The molecule has 0 spiro atoms. The standard InChI is InChI=1S/C10H23Si3/c1-4-5-6-7-8-9-10-12-13(3)11-2/h4-10H2,1-3H3. The largest absolute Gasteiger partial charge is 0.0759 e. The highest BCUT2D eigenvalue weighted by Crippen LogP contribution is 2.06. The summed E-state index contributed by atoms with van der Waals surface area (Å²) in [7, 11) is 2.72. The quantitative estimate of drug-likeness (QED) is 0.419. The Hall–Kier alpha value is 0.651. The Kier molecular flexibility index (Phi) is 11.3. The Morgan fingerprint density at radius 3 is 2.23 bits per heavy atom. The van der Waals surface area contributed by atoms with Crippen molar-refractivity contribution in [3.05, 3.63) is 0 Å². The first-order valence-electron chi connectivity index (χ1n) is 5.56. The molecule has 0 aliphatic rings. The zero-order valence-electron chi connectivity index (χ0n) is 9.45. The Labute approximate surface area is 90.7 Å². The van der Waals surface area contributed by atoms with Crippen LogP contribution in [0.15, 0.2) is 0 Å². The average Bonchev–Trinajstić information content (AvgIpc) is 2.16. The fourth-order valence-electron chi connectivity index (χ4n) is 1.27. The normalized spacial score (nSPS) is 11.1. The number of rotatable bonds is 9. The molecular weight excluding hydrogens is 204 g/mol. The van der Waals surface area contributed by atoms with Crippen LogP contribution in [0.3, 0.4) is 0 Å². The van der Waals surface area contributed by atoms with Crippen molar-refractivity contribution >= 4 is 25.9 Å². The SMILES string of the molecule is CCCCCCCC[Si][Si](C)[Si]C. The van der Waals surface area contributed by atoms with Gasteiger partial charge in [0, 0.05) is 25.9 Å². The van der Waals surface area contributed by atoms with Crippen LogP contribution in [0.25, 0.3) is 0 Å². The van der Waals surface area contributed by atoms with Crippen molar-refractivity contribution in [3.8, 4) is 0 Å². The monoisotopic (exact) mass is 227 g/mol. The lowest BCUT2D eigenvalue weighted by Gasteiger charge is -2.04. The summed E-state index contributed by atoms with van der Waals surface area (Å²) in [5, 5.41) is 0. The van der Waals surface area contributed by atoms with Crippen LogP contribution in [0.4, 0.5) is 0 Å². The third kappa shape index (κ3) is 10.6. The molecule has 0 saturated heterocycles. The minimum atomic E-state index is 0.129. The Balaban J connectivity index is 2.91. The van der Waals surface area contributed by atoms with Crippen LogP contribution in [0.1, 0.15) is 45.4 Å². The number of hydrogen-bond acceptors (Lipinski definition) is 0. The molecule has 0 aliphatic carbocycles. The molecule has 13 heavy (non-hydrogen) atoms. The molecule has 0 unspecified atom stereocenters. The zero-order chi connectivity index (χ0) is 9.94. The lowest BCUT2D eigenvalue weighted by Crippen LogP contribution is -2.23. The minimum absolute atomic E-state index is 0.129. The second-order valence-electron chi connectivity index (χ2n) is 3.57. The van der Waals surface area contributed by atoms with Crippen molar-refractivity contribution in [1.82, 2.24) is 0 Å². The maximum atomic E-state index is 2.50. The molecule has 0 fully saturated rings. The molecule has 0 saturated carbocycles. The molecule has 3 heteroatoms. The van der Waals surface area contributed by atoms with Gasteiger partial charge in [0.2, 0.25) is 0 Å². The van der Waals surface area contributed by atoms with Crippen LogP contribution in [-0.4, -0.2) is 25.9 Å². The minimum Gasteiger partial charge on any atom is -0.0759 e. The summed E-state index contributed by atoms with van der Waals surface area (Å²) in [6.07, 6.45) is 8.78.